The molecule has 0 atom stereocenters. The number of oxime groups is 1. The predicted octanol–water partition coefficient (Wildman–Crippen LogP) is 1.23. The topological polar surface area (TPSA) is 21.6 Å². The van der Waals surface area contributed by atoms with E-state index in [2.05, 4.69) is 9.99 Å². The second-order valence-corrected chi connectivity index (χ2v) is 1.75. The first kappa shape index (κ1) is 6.45. The minimum Gasteiger partial charge on any atom is -0.399 e. The van der Waals surface area contributed by atoms with Crippen molar-refractivity contribution in [2.75, 3.05) is 7.11 Å². The number of rotatable bonds is 1. The minimum atomic E-state index is -2.81. The molecule has 0 amide bonds. The quantitative estimate of drug-likeness (QED) is 0.494. The van der Waals surface area contributed by atoms with Gasteiger partial charge in [-0.3, -0.25) is 0 Å². The molecule has 51 valence electrons. The molecule has 0 aromatic heterocycles. The lowest BCUT2D eigenvalue weighted by Crippen LogP contribution is -2.40. The molecule has 0 aromatic rings. The van der Waals surface area contributed by atoms with E-state index >= 15 is 0 Å². The van der Waals surface area contributed by atoms with Gasteiger partial charge in [-0.1, -0.05) is 5.16 Å². The number of hydrogen-bond donors (Lipinski definition) is 0. The summed E-state index contributed by atoms with van der Waals surface area (Å²) in [5.41, 5.74) is -0.190. The van der Waals surface area contributed by atoms with Crippen LogP contribution in [0, 0.1) is 6.42 Å². The highest BCUT2D eigenvalue weighted by Gasteiger charge is 2.46. The van der Waals surface area contributed by atoms with E-state index in [4.69, 9.17) is 0 Å². The highest BCUT2D eigenvalue weighted by molar-refractivity contribution is 5.99. The van der Waals surface area contributed by atoms with Crippen LogP contribution in [0.1, 0.15) is 6.42 Å². The first-order chi connectivity index (χ1) is 4.17. The van der Waals surface area contributed by atoms with Crippen LogP contribution < -0.4 is 0 Å². The summed E-state index contributed by atoms with van der Waals surface area (Å²) in [7, 11) is 1.25. The monoisotopic (exact) mass is 134 g/mol. The van der Waals surface area contributed by atoms with Gasteiger partial charge in [-0.05, 0) is 0 Å². The molecule has 1 saturated carbocycles. The van der Waals surface area contributed by atoms with Gasteiger partial charge >= 0.3 is 0 Å². The number of nitrogens with zero attached hydrogens (tertiary/aromatic N) is 1. The number of alkyl halides is 2. The van der Waals surface area contributed by atoms with Gasteiger partial charge in [-0.25, -0.2) is 0 Å². The van der Waals surface area contributed by atoms with E-state index in [0.717, 1.165) is 6.42 Å². The lowest BCUT2D eigenvalue weighted by atomic mass is 9.92. The van der Waals surface area contributed by atoms with E-state index in [1.54, 1.807) is 0 Å². The molecule has 0 heterocycles. The molecule has 0 aromatic carbocycles. The Labute approximate surface area is 51.5 Å². The molecular weight excluding hydrogens is 128 g/mol. The lowest BCUT2D eigenvalue weighted by molar-refractivity contribution is 0.0795. The molecule has 0 saturated heterocycles. The molecule has 1 fully saturated rings. The van der Waals surface area contributed by atoms with Gasteiger partial charge in [-0.2, -0.15) is 8.78 Å². The molecule has 1 aliphatic carbocycles. The Hall–Kier alpha value is -0.670. The zero-order valence-corrected chi connectivity index (χ0v) is 4.90. The minimum absolute atomic E-state index is 0.190. The van der Waals surface area contributed by atoms with Gasteiger partial charge in [-0.15, -0.1) is 0 Å². The third-order valence-corrected chi connectivity index (χ3v) is 1.14. The molecule has 0 N–H and O–H groups in total. The Morgan fingerprint density at radius 3 is 2.56 bits per heavy atom. The number of hydrogen-bond acceptors (Lipinski definition) is 2. The molecule has 1 rings (SSSR count). The lowest BCUT2D eigenvalue weighted by Gasteiger charge is -2.25. The summed E-state index contributed by atoms with van der Waals surface area (Å²) < 4.78 is 24.2. The van der Waals surface area contributed by atoms with Crippen molar-refractivity contribution in [3.63, 3.8) is 0 Å². The summed E-state index contributed by atoms with van der Waals surface area (Å²) in [5.74, 6) is -2.81. The van der Waals surface area contributed by atoms with Crippen molar-refractivity contribution >= 4 is 5.71 Å². The van der Waals surface area contributed by atoms with Crippen LogP contribution in [-0.2, 0) is 4.84 Å². The average molecular weight is 134 g/mol. The van der Waals surface area contributed by atoms with Crippen LogP contribution in [0.5, 0.6) is 0 Å². The maximum Gasteiger partial charge on any atom is 0.292 e. The van der Waals surface area contributed by atoms with Gasteiger partial charge in [0.15, 0.2) is 0 Å². The second kappa shape index (κ2) is 1.93. The van der Waals surface area contributed by atoms with Crippen LogP contribution in [0.15, 0.2) is 5.16 Å². The molecule has 4 heteroatoms. The maximum absolute atomic E-state index is 12.1. The van der Waals surface area contributed by atoms with Crippen molar-refractivity contribution in [1.82, 2.24) is 0 Å². The van der Waals surface area contributed by atoms with Crippen LogP contribution in [-0.4, -0.2) is 18.7 Å². The highest BCUT2D eigenvalue weighted by atomic mass is 19.3. The van der Waals surface area contributed by atoms with Crippen LogP contribution in [0.3, 0.4) is 0 Å². The second-order valence-electron chi connectivity index (χ2n) is 1.75. The van der Waals surface area contributed by atoms with E-state index in [-0.39, 0.29) is 12.1 Å². The van der Waals surface area contributed by atoms with Gasteiger partial charge in [0.05, 0.1) is 0 Å². The van der Waals surface area contributed by atoms with E-state index in [1.807, 2.05) is 0 Å². The summed E-state index contributed by atoms with van der Waals surface area (Å²) in [6, 6.07) is 0. The first-order valence-corrected chi connectivity index (χ1v) is 2.49. The van der Waals surface area contributed by atoms with Crippen molar-refractivity contribution < 1.29 is 13.6 Å². The molecule has 1 radical (unpaired) electrons. The van der Waals surface area contributed by atoms with Gasteiger partial charge in [0, 0.05) is 12.8 Å². The fourth-order valence-corrected chi connectivity index (χ4v) is 0.556. The zero-order chi connectivity index (χ0) is 6.91. The Kier molecular flexibility index (Phi) is 1.38. The maximum atomic E-state index is 12.1. The average Bonchev–Trinajstić information content (AvgIpc) is 1.81. The van der Waals surface area contributed by atoms with Gasteiger partial charge < -0.3 is 4.84 Å². The molecule has 9 heavy (non-hydrogen) atoms. The molecule has 2 nitrogen and oxygen atoms in total. The highest BCUT2D eigenvalue weighted by Crippen LogP contribution is 2.33. The van der Waals surface area contributed by atoms with Crippen molar-refractivity contribution in [2.24, 2.45) is 5.16 Å². The van der Waals surface area contributed by atoms with Gasteiger partial charge in [0.1, 0.15) is 12.8 Å². The summed E-state index contributed by atoms with van der Waals surface area (Å²) in [6.07, 6.45) is 1.13. The molecular formula is C5H6F2NO. The molecule has 0 aliphatic heterocycles. The standard InChI is InChI=1S/C5H6F2NO/c1-9-8-4-2-3-5(4,6)7/h3H,2H2,1H3. The Morgan fingerprint density at radius 2 is 2.44 bits per heavy atom. The SMILES string of the molecule is CON=C1C[CH]C1(F)F. The van der Waals surface area contributed by atoms with Crippen LogP contribution in [0.2, 0.25) is 0 Å². The Morgan fingerprint density at radius 1 is 1.78 bits per heavy atom. The van der Waals surface area contributed by atoms with E-state index in [1.165, 1.54) is 7.11 Å². The smallest absolute Gasteiger partial charge is 0.292 e. The van der Waals surface area contributed by atoms with Gasteiger partial charge in [0.2, 0.25) is 0 Å². The summed E-state index contributed by atoms with van der Waals surface area (Å²) in [4.78, 5) is 4.17. The third kappa shape index (κ3) is 1.01. The fourth-order valence-electron chi connectivity index (χ4n) is 0.556. The predicted molar refractivity (Wildman–Crippen MR) is 28.3 cm³/mol. The fraction of sp³-hybridized carbons (Fsp3) is 0.600. The molecule has 1 aliphatic rings. The number of halogens is 2. The summed E-state index contributed by atoms with van der Waals surface area (Å²) in [6.45, 7) is 0. The van der Waals surface area contributed by atoms with Gasteiger partial charge in [0.25, 0.3) is 5.92 Å². The van der Waals surface area contributed by atoms with E-state index in [9.17, 15) is 8.78 Å². The van der Waals surface area contributed by atoms with Crippen molar-refractivity contribution in [1.29, 1.82) is 0 Å². The zero-order valence-electron chi connectivity index (χ0n) is 4.90. The van der Waals surface area contributed by atoms with Crippen LogP contribution >= 0.6 is 0 Å². The summed E-state index contributed by atoms with van der Waals surface area (Å²) >= 11 is 0. The molecule has 0 unspecified atom stereocenters. The largest absolute Gasteiger partial charge is 0.399 e. The van der Waals surface area contributed by atoms with Crippen molar-refractivity contribution in [2.45, 2.75) is 12.3 Å². The third-order valence-electron chi connectivity index (χ3n) is 1.14. The Bertz CT molecular complexity index is 144. The van der Waals surface area contributed by atoms with Crippen LogP contribution in [0.25, 0.3) is 0 Å². The van der Waals surface area contributed by atoms with E-state index < -0.39 is 5.92 Å². The molecule has 0 spiro atoms. The van der Waals surface area contributed by atoms with Crippen molar-refractivity contribution in [3.05, 3.63) is 6.42 Å². The van der Waals surface area contributed by atoms with Crippen molar-refractivity contribution in [3.8, 4) is 0 Å². The summed E-state index contributed by atoms with van der Waals surface area (Å²) in [5, 5.41) is 3.12. The first-order valence-electron chi connectivity index (χ1n) is 2.49. The van der Waals surface area contributed by atoms with E-state index in [0.29, 0.717) is 0 Å². The molecule has 0 bridgehead atoms. The van der Waals surface area contributed by atoms with Crippen LogP contribution in [0.4, 0.5) is 8.78 Å². The Balaban J connectivity index is 2.55. The normalized spacial score (nSPS) is 27.7.